The largest absolute Gasteiger partial charge is 0.384 e. The van der Waals surface area contributed by atoms with Gasteiger partial charge in [0.15, 0.2) is 11.7 Å². The van der Waals surface area contributed by atoms with Crippen molar-refractivity contribution in [3.63, 3.8) is 0 Å². The molecule has 0 saturated carbocycles. The Morgan fingerprint density at radius 2 is 1.89 bits per heavy atom. The topological polar surface area (TPSA) is 99.8 Å². The summed E-state index contributed by atoms with van der Waals surface area (Å²) in [6, 6.07) is 13.9. The third kappa shape index (κ3) is 2.77. The lowest BCUT2D eigenvalue weighted by Gasteiger charge is -2.11. The van der Waals surface area contributed by atoms with Gasteiger partial charge in [0.05, 0.1) is 0 Å². The van der Waals surface area contributed by atoms with E-state index in [-0.39, 0.29) is 0 Å². The second-order valence-electron chi connectivity index (χ2n) is 6.28. The standard InChI is InChI=1S/C19H16N8/c20-16-10-14(8-9-21-16)15-11-26(25-19(15)13-4-2-1-3-5-13)18-7-6-17-23-22-12-27(17)24-18/h1-5,8-12H,6-7H2,(H2,20,21). The van der Waals surface area contributed by atoms with Crippen LogP contribution in [0.4, 0.5) is 5.82 Å². The maximum Gasteiger partial charge on any atom is 0.154 e. The van der Waals surface area contributed by atoms with E-state index in [1.807, 2.05) is 53.3 Å². The fourth-order valence-corrected chi connectivity index (χ4v) is 3.20. The van der Waals surface area contributed by atoms with Crippen molar-refractivity contribution >= 4 is 11.7 Å². The van der Waals surface area contributed by atoms with Gasteiger partial charge < -0.3 is 5.73 Å². The molecule has 132 valence electrons. The predicted octanol–water partition coefficient (Wildman–Crippen LogP) is 2.44. The number of hydrogen-bond acceptors (Lipinski definition) is 6. The van der Waals surface area contributed by atoms with E-state index < -0.39 is 0 Å². The van der Waals surface area contributed by atoms with Gasteiger partial charge in [-0.05, 0) is 17.7 Å². The highest BCUT2D eigenvalue weighted by Crippen LogP contribution is 2.31. The molecule has 4 heterocycles. The van der Waals surface area contributed by atoms with Gasteiger partial charge in [-0.3, -0.25) is 0 Å². The van der Waals surface area contributed by atoms with Gasteiger partial charge >= 0.3 is 0 Å². The summed E-state index contributed by atoms with van der Waals surface area (Å²) in [7, 11) is 0. The Bertz CT molecular complexity index is 1140. The molecule has 0 saturated heterocycles. The minimum atomic E-state index is 0.475. The van der Waals surface area contributed by atoms with Gasteiger partial charge in [-0.25, -0.2) is 14.3 Å². The number of pyridine rings is 1. The molecule has 0 unspecified atom stereocenters. The fourth-order valence-electron chi connectivity index (χ4n) is 3.20. The van der Waals surface area contributed by atoms with E-state index in [1.54, 1.807) is 17.2 Å². The fraction of sp³-hybridized carbons (Fsp3) is 0.105. The molecule has 27 heavy (non-hydrogen) atoms. The van der Waals surface area contributed by atoms with Crippen molar-refractivity contribution in [3.8, 4) is 22.4 Å². The molecule has 4 aromatic rings. The summed E-state index contributed by atoms with van der Waals surface area (Å²) in [5, 5.41) is 17.4. The van der Waals surface area contributed by atoms with Gasteiger partial charge in [0.25, 0.3) is 0 Å². The predicted molar refractivity (Wildman–Crippen MR) is 102 cm³/mol. The minimum absolute atomic E-state index is 0.475. The molecule has 8 nitrogen and oxygen atoms in total. The third-order valence-corrected chi connectivity index (χ3v) is 4.51. The van der Waals surface area contributed by atoms with Crippen LogP contribution in [0.2, 0.25) is 0 Å². The van der Waals surface area contributed by atoms with Crippen LogP contribution in [-0.2, 0) is 6.42 Å². The van der Waals surface area contributed by atoms with Crippen molar-refractivity contribution in [2.75, 3.05) is 5.73 Å². The molecule has 0 spiro atoms. The number of rotatable bonds is 2. The average molecular weight is 356 g/mol. The monoisotopic (exact) mass is 356 g/mol. The van der Waals surface area contributed by atoms with E-state index in [9.17, 15) is 0 Å². The molecule has 8 heteroatoms. The number of nitrogen functional groups attached to an aromatic ring is 1. The van der Waals surface area contributed by atoms with Gasteiger partial charge in [-0.1, -0.05) is 30.3 Å². The lowest BCUT2D eigenvalue weighted by atomic mass is 10.0. The maximum absolute atomic E-state index is 5.90. The zero-order valence-corrected chi connectivity index (χ0v) is 14.4. The van der Waals surface area contributed by atoms with Gasteiger partial charge in [0.2, 0.25) is 0 Å². The first kappa shape index (κ1) is 15.4. The number of nitrogens with two attached hydrogens (primary N) is 1. The van der Waals surface area contributed by atoms with Gasteiger partial charge in [-0.2, -0.15) is 10.2 Å². The summed E-state index contributed by atoms with van der Waals surface area (Å²) in [4.78, 5) is 4.09. The SMILES string of the molecule is Nc1cc(-c2cn(C3=Nn4cnnc4CC3)nc2-c2ccccc2)ccn1. The van der Waals surface area contributed by atoms with Crippen LogP contribution in [0.3, 0.4) is 0 Å². The number of anilines is 1. The molecule has 1 aliphatic heterocycles. The van der Waals surface area contributed by atoms with Crippen LogP contribution in [0.15, 0.2) is 66.3 Å². The highest BCUT2D eigenvalue weighted by molar-refractivity contribution is 5.89. The van der Waals surface area contributed by atoms with Crippen molar-refractivity contribution in [3.05, 3.63) is 67.0 Å². The van der Waals surface area contributed by atoms with E-state index in [0.717, 1.165) is 46.9 Å². The van der Waals surface area contributed by atoms with Crippen LogP contribution >= 0.6 is 0 Å². The summed E-state index contributed by atoms with van der Waals surface area (Å²) in [5.74, 6) is 2.17. The highest BCUT2D eigenvalue weighted by atomic mass is 15.5. The Balaban J connectivity index is 1.67. The highest BCUT2D eigenvalue weighted by Gasteiger charge is 2.19. The summed E-state index contributed by atoms with van der Waals surface area (Å²) < 4.78 is 3.53. The van der Waals surface area contributed by atoms with Crippen LogP contribution in [0, 0.1) is 0 Å². The first-order valence-electron chi connectivity index (χ1n) is 8.62. The van der Waals surface area contributed by atoms with E-state index in [1.165, 1.54) is 0 Å². The van der Waals surface area contributed by atoms with Crippen LogP contribution in [0.1, 0.15) is 12.2 Å². The summed E-state index contributed by atoms with van der Waals surface area (Å²) in [6.45, 7) is 0. The van der Waals surface area contributed by atoms with Crippen molar-refractivity contribution in [2.45, 2.75) is 12.8 Å². The molecule has 0 bridgehead atoms. The molecule has 2 N–H and O–H groups in total. The number of hydrogen-bond donors (Lipinski definition) is 1. The van der Waals surface area contributed by atoms with E-state index in [4.69, 9.17) is 10.8 Å². The van der Waals surface area contributed by atoms with Crippen molar-refractivity contribution in [1.82, 2.24) is 29.6 Å². The molecule has 0 radical (unpaired) electrons. The zero-order chi connectivity index (χ0) is 18.2. The van der Waals surface area contributed by atoms with Crippen LogP contribution in [0.25, 0.3) is 22.4 Å². The van der Waals surface area contributed by atoms with Crippen LogP contribution in [-0.4, -0.2) is 35.5 Å². The minimum Gasteiger partial charge on any atom is -0.384 e. The van der Waals surface area contributed by atoms with Gasteiger partial charge in [0, 0.05) is 36.4 Å². The maximum atomic E-state index is 5.90. The van der Waals surface area contributed by atoms with Gasteiger partial charge in [0.1, 0.15) is 17.8 Å². The normalized spacial score (nSPS) is 13.3. The Morgan fingerprint density at radius 1 is 1.00 bits per heavy atom. The molecule has 0 amide bonds. The van der Waals surface area contributed by atoms with E-state index >= 15 is 0 Å². The molecule has 5 rings (SSSR count). The van der Waals surface area contributed by atoms with Crippen LogP contribution in [0.5, 0.6) is 0 Å². The Kier molecular flexibility index (Phi) is 3.53. The molecule has 0 atom stereocenters. The molecular weight excluding hydrogens is 340 g/mol. The molecule has 1 aromatic carbocycles. The molecule has 3 aromatic heterocycles. The lowest BCUT2D eigenvalue weighted by molar-refractivity contribution is 0.700. The Hall–Kier alpha value is -3.81. The average Bonchev–Trinajstić information content (AvgIpc) is 3.35. The van der Waals surface area contributed by atoms with Crippen molar-refractivity contribution in [2.24, 2.45) is 5.10 Å². The molecule has 0 fully saturated rings. The summed E-state index contributed by atoms with van der Waals surface area (Å²) >= 11 is 0. The number of nitrogens with zero attached hydrogens (tertiary/aromatic N) is 7. The van der Waals surface area contributed by atoms with Crippen molar-refractivity contribution < 1.29 is 0 Å². The summed E-state index contributed by atoms with van der Waals surface area (Å²) in [6.07, 6.45) is 6.83. The second-order valence-corrected chi connectivity index (χ2v) is 6.28. The third-order valence-electron chi connectivity index (χ3n) is 4.51. The number of fused-ring (bicyclic) bond motifs is 1. The quantitative estimate of drug-likeness (QED) is 0.595. The van der Waals surface area contributed by atoms with E-state index in [0.29, 0.717) is 5.82 Å². The Morgan fingerprint density at radius 3 is 2.74 bits per heavy atom. The molecule has 1 aliphatic rings. The van der Waals surface area contributed by atoms with E-state index in [2.05, 4.69) is 20.3 Å². The van der Waals surface area contributed by atoms with Gasteiger partial charge in [-0.15, -0.1) is 10.2 Å². The van der Waals surface area contributed by atoms with Crippen LogP contribution < -0.4 is 5.73 Å². The first-order valence-corrected chi connectivity index (χ1v) is 8.62. The lowest BCUT2D eigenvalue weighted by Crippen LogP contribution is -2.20. The summed E-state index contributed by atoms with van der Waals surface area (Å²) in [5.41, 5.74) is 9.75. The zero-order valence-electron chi connectivity index (χ0n) is 14.4. The Labute approximate surface area is 155 Å². The molecular formula is C19H16N8. The first-order chi connectivity index (χ1) is 13.3. The number of aryl methyl sites for hydroxylation is 1. The number of benzene rings is 1. The van der Waals surface area contributed by atoms with Crippen molar-refractivity contribution in [1.29, 1.82) is 0 Å². The second kappa shape index (κ2) is 6.17. The molecule has 0 aliphatic carbocycles. The smallest absolute Gasteiger partial charge is 0.154 e. The number of aromatic nitrogens is 6.